The number of carbonyl (C=O) groups is 1. The normalized spacial score (nSPS) is 22.7. The van der Waals surface area contributed by atoms with E-state index in [1.807, 2.05) is 37.8 Å². The van der Waals surface area contributed by atoms with Crippen molar-refractivity contribution in [2.45, 2.75) is 57.1 Å². The maximum Gasteiger partial charge on any atom is 0.410 e. The number of rotatable bonds is 2. The molecule has 0 bridgehead atoms. The summed E-state index contributed by atoms with van der Waals surface area (Å²) in [6.45, 7) is 6.44. The van der Waals surface area contributed by atoms with Crippen molar-refractivity contribution in [3.63, 3.8) is 0 Å². The molecule has 1 amide bonds. The molecule has 1 saturated carbocycles. The van der Waals surface area contributed by atoms with Gasteiger partial charge in [-0.05, 0) is 51.7 Å². The summed E-state index contributed by atoms with van der Waals surface area (Å²) in [5.41, 5.74) is 0.749. The molecule has 0 radical (unpaired) electrons. The highest BCUT2D eigenvalue weighted by Crippen LogP contribution is 2.54. The molecule has 0 N–H and O–H groups in total. The fourth-order valence-corrected chi connectivity index (χ4v) is 3.26. The number of aromatic nitrogens is 1. The summed E-state index contributed by atoms with van der Waals surface area (Å²) in [6, 6.07) is 3.99. The van der Waals surface area contributed by atoms with Gasteiger partial charge in [-0.25, -0.2) is 9.78 Å². The molecular formula is C17H24N2O3. The van der Waals surface area contributed by atoms with Crippen LogP contribution in [-0.2, 0) is 4.74 Å². The highest BCUT2D eigenvalue weighted by atomic mass is 16.6. The van der Waals surface area contributed by atoms with Crippen molar-refractivity contribution in [1.29, 1.82) is 0 Å². The monoisotopic (exact) mass is 304 g/mol. The van der Waals surface area contributed by atoms with Crippen LogP contribution in [0.25, 0.3) is 0 Å². The van der Waals surface area contributed by atoms with Gasteiger partial charge in [0.05, 0.1) is 7.11 Å². The minimum absolute atomic E-state index is 0.0174. The van der Waals surface area contributed by atoms with Crippen molar-refractivity contribution in [2.24, 2.45) is 0 Å². The van der Waals surface area contributed by atoms with Crippen molar-refractivity contribution in [2.75, 3.05) is 13.7 Å². The Bertz CT molecular complexity index is 576. The predicted molar refractivity (Wildman–Crippen MR) is 83.1 cm³/mol. The molecule has 1 aromatic heterocycles. The SMILES string of the molecule is COc1cc(C2CN(C(=O)OC(C)(C)C)C3(CC3)C2)ccn1. The van der Waals surface area contributed by atoms with Gasteiger partial charge in [0.15, 0.2) is 0 Å². The van der Waals surface area contributed by atoms with Gasteiger partial charge in [-0.15, -0.1) is 0 Å². The molecule has 1 aliphatic heterocycles. The minimum Gasteiger partial charge on any atom is -0.481 e. The van der Waals surface area contributed by atoms with Crippen LogP contribution < -0.4 is 4.74 Å². The summed E-state index contributed by atoms with van der Waals surface area (Å²) < 4.78 is 10.8. The Hall–Kier alpha value is -1.78. The Morgan fingerprint density at radius 3 is 2.73 bits per heavy atom. The summed E-state index contributed by atoms with van der Waals surface area (Å²) >= 11 is 0. The molecular weight excluding hydrogens is 280 g/mol. The van der Waals surface area contributed by atoms with E-state index < -0.39 is 5.60 Å². The van der Waals surface area contributed by atoms with Crippen LogP contribution in [0.2, 0.25) is 0 Å². The number of carbonyl (C=O) groups excluding carboxylic acids is 1. The van der Waals surface area contributed by atoms with E-state index in [4.69, 9.17) is 9.47 Å². The van der Waals surface area contributed by atoms with E-state index in [0.29, 0.717) is 18.3 Å². The highest BCUT2D eigenvalue weighted by molar-refractivity contribution is 5.71. The van der Waals surface area contributed by atoms with Gasteiger partial charge in [-0.2, -0.15) is 0 Å². The Balaban J connectivity index is 1.77. The van der Waals surface area contributed by atoms with Gasteiger partial charge in [-0.1, -0.05) is 0 Å². The van der Waals surface area contributed by atoms with E-state index in [2.05, 4.69) is 4.98 Å². The zero-order valence-corrected chi connectivity index (χ0v) is 13.8. The molecule has 1 aliphatic carbocycles. The summed E-state index contributed by atoms with van der Waals surface area (Å²) in [7, 11) is 1.62. The lowest BCUT2D eigenvalue weighted by atomic mass is 9.96. The predicted octanol–water partition coefficient (Wildman–Crippen LogP) is 3.35. The number of methoxy groups -OCH3 is 1. The van der Waals surface area contributed by atoms with Crippen LogP contribution in [0.3, 0.4) is 0 Å². The van der Waals surface area contributed by atoms with E-state index in [1.54, 1.807) is 13.3 Å². The van der Waals surface area contributed by atoms with Crippen LogP contribution in [0.4, 0.5) is 4.79 Å². The Labute approximate surface area is 131 Å². The molecule has 1 unspecified atom stereocenters. The molecule has 1 saturated heterocycles. The maximum absolute atomic E-state index is 12.5. The molecule has 2 fully saturated rings. The Kier molecular flexibility index (Phi) is 3.54. The fraction of sp³-hybridized carbons (Fsp3) is 0.647. The van der Waals surface area contributed by atoms with E-state index in [0.717, 1.165) is 19.3 Å². The van der Waals surface area contributed by atoms with E-state index >= 15 is 0 Å². The second-order valence-corrected chi connectivity index (χ2v) is 7.35. The molecule has 1 spiro atoms. The summed E-state index contributed by atoms with van der Waals surface area (Å²) in [5, 5.41) is 0. The Morgan fingerprint density at radius 2 is 2.14 bits per heavy atom. The number of hydrogen-bond acceptors (Lipinski definition) is 4. The Morgan fingerprint density at radius 1 is 1.41 bits per heavy atom. The zero-order valence-electron chi connectivity index (χ0n) is 13.8. The third-order valence-electron chi connectivity index (χ3n) is 4.48. The summed E-state index contributed by atoms with van der Waals surface area (Å²) in [6.07, 6.45) is 4.73. The number of likely N-dealkylation sites (tertiary alicyclic amines) is 1. The van der Waals surface area contributed by atoms with Gasteiger partial charge in [-0.3, -0.25) is 0 Å². The van der Waals surface area contributed by atoms with Crippen molar-refractivity contribution >= 4 is 6.09 Å². The average molecular weight is 304 g/mol. The number of pyridine rings is 1. The first kappa shape index (κ1) is 15.1. The van der Waals surface area contributed by atoms with E-state index in [1.165, 1.54) is 5.56 Å². The highest BCUT2D eigenvalue weighted by Gasteiger charge is 2.57. The molecule has 5 heteroatoms. The first-order chi connectivity index (χ1) is 10.3. The van der Waals surface area contributed by atoms with E-state index in [-0.39, 0.29) is 11.6 Å². The van der Waals surface area contributed by atoms with Crippen molar-refractivity contribution in [3.8, 4) is 5.88 Å². The number of ether oxygens (including phenoxy) is 2. The van der Waals surface area contributed by atoms with Gasteiger partial charge in [0, 0.05) is 30.3 Å². The number of hydrogen-bond donors (Lipinski definition) is 0. The zero-order chi connectivity index (χ0) is 16.0. The first-order valence-electron chi connectivity index (χ1n) is 7.84. The quantitative estimate of drug-likeness (QED) is 0.841. The third kappa shape index (κ3) is 2.89. The van der Waals surface area contributed by atoms with Crippen LogP contribution in [0.5, 0.6) is 5.88 Å². The summed E-state index contributed by atoms with van der Waals surface area (Å²) in [5.74, 6) is 0.949. The van der Waals surface area contributed by atoms with Crippen molar-refractivity contribution in [1.82, 2.24) is 9.88 Å². The molecule has 1 aromatic rings. The molecule has 3 rings (SSSR count). The topological polar surface area (TPSA) is 51.7 Å². The van der Waals surface area contributed by atoms with Crippen LogP contribution >= 0.6 is 0 Å². The lowest BCUT2D eigenvalue weighted by Gasteiger charge is -2.28. The lowest BCUT2D eigenvalue weighted by molar-refractivity contribution is 0.0202. The molecule has 120 valence electrons. The summed E-state index contributed by atoms with van der Waals surface area (Å²) in [4.78, 5) is 18.6. The molecule has 22 heavy (non-hydrogen) atoms. The molecule has 5 nitrogen and oxygen atoms in total. The van der Waals surface area contributed by atoms with Gasteiger partial charge in [0.2, 0.25) is 5.88 Å². The first-order valence-corrected chi connectivity index (χ1v) is 7.84. The fourth-order valence-electron chi connectivity index (χ4n) is 3.26. The van der Waals surface area contributed by atoms with Crippen molar-refractivity contribution in [3.05, 3.63) is 23.9 Å². The van der Waals surface area contributed by atoms with Gasteiger partial charge >= 0.3 is 6.09 Å². The van der Waals surface area contributed by atoms with Crippen molar-refractivity contribution < 1.29 is 14.3 Å². The van der Waals surface area contributed by atoms with Crippen LogP contribution in [0, 0.1) is 0 Å². The van der Waals surface area contributed by atoms with Gasteiger partial charge in [0.25, 0.3) is 0 Å². The number of amides is 1. The second kappa shape index (κ2) is 5.14. The van der Waals surface area contributed by atoms with Crippen LogP contribution in [0.15, 0.2) is 18.3 Å². The minimum atomic E-state index is -0.453. The molecule has 0 aromatic carbocycles. The maximum atomic E-state index is 12.5. The number of nitrogens with zero attached hydrogens (tertiary/aromatic N) is 2. The van der Waals surface area contributed by atoms with Gasteiger partial charge in [0.1, 0.15) is 5.60 Å². The van der Waals surface area contributed by atoms with Crippen LogP contribution in [0.1, 0.15) is 51.5 Å². The third-order valence-corrected chi connectivity index (χ3v) is 4.48. The molecule has 2 heterocycles. The van der Waals surface area contributed by atoms with Crippen LogP contribution in [-0.4, -0.2) is 40.8 Å². The molecule has 2 aliphatic rings. The van der Waals surface area contributed by atoms with Gasteiger partial charge < -0.3 is 14.4 Å². The largest absolute Gasteiger partial charge is 0.481 e. The molecule has 1 atom stereocenters. The average Bonchev–Trinajstić information content (AvgIpc) is 3.09. The van der Waals surface area contributed by atoms with E-state index in [9.17, 15) is 4.79 Å². The standard InChI is InChI=1S/C17H24N2O3/c1-16(2,3)22-15(20)19-11-13(10-17(19)6-7-17)12-5-8-18-14(9-12)21-4/h5,8-9,13H,6-7,10-11H2,1-4H3. The second-order valence-electron chi connectivity index (χ2n) is 7.35. The lowest BCUT2D eigenvalue weighted by Crippen LogP contribution is -2.41. The smallest absolute Gasteiger partial charge is 0.410 e.